The molecule has 0 spiro atoms. The highest BCUT2D eigenvalue weighted by molar-refractivity contribution is 7.88. The van der Waals surface area contributed by atoms with Crippen molar-refractivity contribution in [3.8, 4) is 0 Å². The van der Waals surface area contributed by atoms with Crippen LogP contribution in [0, 0.1) is 0 Å². The minimum Gasteiger partial charge on any atom is -0.389 e. The van der Waals surface area contributed by atoms with Gasteiger partial charge in [0.1, 0.15) is 4.99 Å². The van der Waals surface area contributed by atoms with Crippen LogP contribution in [0.25, 0.3) is 0 Å². The number of sulfonamides is 1. The van der Waals surface area contributed by atoms with Crippen molar-refractivity contribution in [2.24, 2.45) is 5.73 Å². The Kier molecular flexibility index (Phi) is 4.23. The summed E-state index contributed by atoms with van der Waals surface area (Å²) < 4.78 is 26.3. The first-order valence-corrected chi connectivity index (χ1v) is 8.30. The molecule has 0 amide bonds. The molecule has 1 aromatic rings. The van der Waals surface area contributed by atoms with E-state index in [1.54, 1.807) is 28.6 Å². The van der Waals surface area contributed by atoms with E-state index in [9.17, 15) is 8.42 Å². The Balaban J connectivity index is 2.20. The van der Waals surface area contributed by atoms with Gasteiger partial charge in [-0.25, -0.2) is 8.42 Å². The summed E-state index contributed by atoms with van der Waals surface area (Å²) in [6, 6.07) is 7.22. The van der Waals surface area contributed by atoms with Gasteiger partial charge in [0.25, 0.3) is 0 Å². The van der Waals surface area contributed by atoms with Crippen LogP contribution >= 0.6 is 12.2 Å². The normalized spacial score (nSPS) is 20.6. The monoisotopic (exact) mass is 298 g/mol. The molecule has 1 aromatic carbocycles. The van der Waals surface area contributed by atoms with Gasteiger partial charge < -0.3 is 5.73 Å². The summed E-state index contributed by atoms with van der Waals surface area (Å²) in [5.41, 5.74) is 6.99. The van der Waals surface area contributed by atoms with Crippen molar-refractivity contribution >= 4 is 27.2 Å². The third-order valence-electron chi connectivity index (χ3n) is 3.41. The maximum atomic E-state index is 12.4. The zero-order valence-corrected chi connectivity index (χ0v) is 12.5. The minimum atomic E-state index is -3.26. The van der Waals surface area contributed by atoms with Gasteiger partial charge in [-0.3, -0.25) is 0 Å². The summed E-state index contributed by atoms with van der Waals surface area (Å²) in [6.45, 7) is 2.58. The Morgan fingerprint density at radius 1 is 1.53 bits per heavy atom. The van der Waals surface area contributed by atoms with Crippen molar-refractivity contribution in [2.75, 3.05) is 6.54 Å². The summed E-state index contributed by atoms with van der Waals surface area (Å²) in [5, 5.41) is 0. The minimum absolute atomic E-state index is 0.00773. The summed E-state index contributed by atoms with van der Waals surface area (Å²) >= 11 is 4.91. The van der Waals surface area contributed by atoms with Crippen LogP contribution in [0.2, 0.25) is 0 Å². The van der Waals surface area contributed by atoms with Crippen LogP contribution in [0.4, 0.5) is 0 Å². The molecule has 0 aromatic heterocycles. The van der Waals surface area contributed by atoms with E-state index in [2.05, 4.69) is 0 Å². The molecule has 1 aliphatic heterocycles. The van der Waals surface area contributed by atoms with Crippen molar-refractivity contribution in [1.29, 1.82) is 0 Å². The number of nitrogens with two attached hydrogens (primary N) is 1. The lowest BCUT2D eigenvalue weighted by molar-refractivity contribution is 0.407. The Morgan fingerprint density at radius 3 is 2.84 bits per heavy atom. The van der Waals surface area contributed by atoms with Gasteiger partial charge in [0.15, 0.2) is 0 Å². The molecule has 0 radical (unpaired) electrons. The number of benzene rings is 1. The summed E-state index contributed by atoms with van der Waals surface area (Å²) in [5.74, 6) is 0.00773. The second-order valence-corrected chi connectivity index (χ2v) is 7.28. The molecule has 1 heterocycles. The van der Waals surface area contributed by atoms with Crippen molar-refractivity contribution in [3.63, 3.8) is 0 Å². The summed E-state index contributed by atoms with van der Waals surface area (Å²) in [7, 11) is -3.26. The third kappa shape index (κ3) is 3.32. The Labute approximate surface area is 119 Å². The molecule has 2 N–H and O–H groups in total. The predicted molar refractivity (Wildman–Crippen MR) is 80.4 cm³/mol. The van der Waals surface area contributed by atoms with E-state index in [1.807, 2.05) is 6.92 Å². The van der Waals surface area contributed by atoms with Gasteiger partial charge in [-0.1, -0.05) is 30.4 Å². The van der Waals surface area contributed by atoms with E-state index in [0.29, 0.717) is 12.1 Å². The molecule has 19 heavy (non-hydrogen) atoms. The van der Waals surface area contributed by atoms with Crippen LogP contribution in [0.15, 0.2) is 24.3 Å². The number of nitrogens with zero attached hydrogens (tertiary/aromatic N) is 1. The molecule has 1 saturated heterocycles. The maximum absolute atomic E-state index is 12.4. The van der Waals surface area contributed by atoms with Crippen molar-refractivity contribution in [2.45, 2.75) is 31.6 Å². The van der Waals surface area contributed by atoms with Crippen molar-refractivity contribution in [3.05, 3.63) is 35.4 Å². The standard InChI is InChI=1S/C13H18N2O2S2/c1-10-4-3-7-15(10)19(16,17)9-11-5-2-6-12(8-11)13(14)18/h2,5-6,8,10H,3-4,7,9H2,1H3,(H2,14,18). The summed E-state index contributed by atoms with van der Waals surface area (Å²) in [4.78, 5) is 0.286. The van der Waals surface area contributed by atoms with Gasteiger partial charge in [0.05, 0.1) is 5.75 Å². The zero-order chi connectivity index (χ0) is 14.0. The Bertz CT molecular complexity index is 584. The van der Waals surface area contributed by atoms with E-state index in [-0.39, 0.29) is 16.8 Å². The smallest absolute Gasteiger partial charge is 0.218 e. The average Bonchev–Trinajstić information content (AvgIpc) is 2.76. The van der Waals surface area contributed by atoms with E-state index in [4.69, 9.17) is 18.0 Å². The molecule has 0 saturated carbocycles. The lowest BCUT2D eigenvalue weighted by Crippen LogP contribution is -2.34. The fraction of sp³-hybridized carbons (Fsp3) is 0.462. The average molecular weight is 298 g/mol. The number of rotatable bonds is 4. The largest absolute Gasteiger partial charge is 0.389 e. The molecule has 104 valence electrons. The molecule has 0 bridgehead atoms. The number of hydrogen-bond acceptors (Lipinski definition) is 3. The zero-order valence-electron chi connectivity index (χ0n) is 10.9. The lowest BCUT2D eigenvalue weighted by Gasteiger charge is -2.21. The fourth-order valence-corrected chi connectivity index (χ4v) is 4.38. The SMILES string of the molecule is CC1CCCN1S(=O)(=O)Cc1cccc(C(N)=S)c1. The van der Waals surface area contributed by atoms with E-state index in [1.165, 1.54) is 0 Å². The molecule has 2 rings (SSSR count). The van der Waals surface area contributed by atoms with Crippen molar-refractivity contribution < 1.29 is 8.42 Å². The van der Waals surface area contributed by atoms with Crippen LogP contribution in [-0.4, -0.2) is 30.3 Å². The van der Waals surface area contributed by atoms with Gasteiger partial charge >= 0.3 is 0 Å². The van der Waals surface area contributed by atoms with Gasteiger partial charge in [-0.15, -0.1) is 0 Å². The Morgan fingerprint density at radius 2 is 2.26 bits per heavy atom. The number of hydrogen-bond donors (Lipinski definition) is 1. The quantitative estimate of drug-likeness (QED) is 0.858. The molecule has 1 atom stereocenters. The molecule has 6 heteroatoms. The second kappa shape index (κ2) is 5.56. The second-order valence-electron chi connectivity index (χ2n) is 4.92. The Hall–Kier alpha value is -0.980. The maximum Gasteiger partial charge on any atom is 0.218 e. The predicted octanol–water partition coefficient (Wildman–Crippen LogP) is 1.63. The van der Waals surface area contributed by atoms with E-state index in [0.717, 1.165) is 18.4 Å². The van der Waals surface area contributed by atoms with Crippen LogP contribution in [0.5, 0.6) is 0 Å². The van der Waals surface area contributed by atoms with Gasteiger partial charge in [-0.05, 0) is 31.4 Å². The molecule has 0 aliphatic carbocycles. The molecule has 1 unspecified atom stereocenters. The first-order chi connectivity index (χ1) is 8.90. The molecular weight excluding hydrogens is 280 g/mol. The highest BCUT2D eigenvalue weighted by Gasteiger charge is 2.31. The van der Waals surface area contributed by atoms with Crippen LogP contribution < -0.4 is 5.73 Å². The topological polar surface area (TPSA) is 63.4 Å². The number of thiocarbonyl (C=S) groups is 1. The van der Waals surface area contributed by atoms with Gasteiger partial charge in [-0.2, -0.15) is 4.31 Å². The molecule has 1 aliphatic rings. The van der Waals surface area contributed by atoms with E-state index >= 15 is 0 Å². The van der Waals surface area contributed by atoms with Crippen LogP contribution in [-0.2, 0) is 15.8 Å². The first-order valence-electron chi connectivity index (χ1n) is 6.28. The van der Waals surface area contributed by atoms with Crippen LogP contribution in [0.1, 0.15) is 30.9 Å². The van der Waals surface area contributed by atoms with Crippen LogP contribution in [0.3, 0.4) is 0 Å². The highest BCUT2D eigenvalue weighted by atomic mass is 32.2. The first kappa shape index (κ1) is 14.4. The molecule has 1 fully saturated rings. The van der Waals surface area contributed by atoms with Gasteiger partial charge in [0.2, 0.25) is 10.0 Å². The third-order valence-corrected chi connectivity index (χ3v) is 5.60. The van der Waals surface area contributed by atoms with E-state index < -0.39 is 10.0 Å². The molecule has 4 nitrogen and oxygen atoms in total. The van der Waals surface area contributed by atoms with Crippen molar-refractivity contribution in [1.82, 2.24) is 4.31 Å². The highest BCUT2D eigenvalue weighted by Crippen LogP contribution is 2.23. The molecular formula is C13H18N2O2S2. The lowest BCUT2D eigenvalue weighted by atomic mass is 10.1. The van der Waals surface area contributed by atoms with Gasteiger partial charge in [0, 0.05) is 18.2 Å². The summed E-state index contributed by atoms with van der Waals surface area (Å²) in [6.07, 6.45) is 1.87. The fourth-order valence-electron chi connectivity index (χ4n) is 2.43.